The maximum atomic E-state index is 12.7. The fourth-order valence-electron chi connectivity index (χ4n) is 3.11. The third kappa shape index (κ3) is 5.65. The monoisotopic (exact) mass is 412 g/mol. The molecule has 0 spiro atoms. The summed E-state index contributed by atoms with van der Waals surface area (Å²) in [7, 11) is 0.0705. The largest absolute Gasteiger partial charge is 0.378 e. The van der Waals surface area contributed by atoms with Gasteiger partial charge in [0.1, 0.15) is 5.69 Å². The molecule has 1 aliphatic carbocycles. The van der Waals surface area contributed by atoms with Gasteiger partial charge in [-0.1, -0.05) is 6.92 Å². The molecule has 0 aliphatic heterocycles. The first-order chi connectivity index (χ1) is 12.9. The van der Waals surface area contributed by atoms with Crippen molar-refractivity contribution in [1.29, 1.82) is 0 Å². The highest BCUT2D eigenvalue weighted by Gasteiger charge is 2.27. The molecule has 0 radical (unpaired) electrons. The molecule has 0 bridgehead atoms. The third-order valence-electron chi connectivity index (χ3n) is 5.74. The van der Waals surface area contributed by atoms with Crippen LogP contribution in [0.4, 0.5) is 11.4 Å². The van der Waals surface area contributed by atoms with E-state index in [1.165, 1.54) is 12.1 Å². The number of likely N-dealkylation sites (N-methyl/N-ethyl adjacent to an activating group) is 1. The van der Waals surface area contributed by atoms with Gasteiger partial charge in [-0.05, 0) is 71.7 Å². The highest BCUT2D eigenvalue weighted by Crippen LogP contribution is 2.30. The number of nitrogens with zero attached hydrogens (tertiary/aromatic N) is 2. The van der Waals surface area contributed by atoms with Gasteiger partial charge in [0.2, 0.25) is 10.0 Å². The highest BCUT2D eigenvalue weighted by atomic mass is 32.2. The van der Waals surface area contributed by atoms with Crippen molar-refractivity contribution in [2.24, 2.45) is 5.92 Å². The summed E-state index contributed by atoms with van der Waals surface area (Å²) < 4.78 is 28.1. The molecule has 1 aromatic rings. The van der Waals surface area contributed by atoms with E-state index in [4.69, 9.17) is 0 Å². The number of nitrogens with one attached hydrogen (secondary N) is 2. The molecule has 1 fully saturated rings. The zero-order chi connectivity index (χ0) is 21.1. The smallest absolute Gasteiger partial charge is 0.293 e. The summed E-state index contributed by atoms with van der Waals surface area (Å²) >= 11 is 0. The fourth-order valence-corrected chi connectivity index (χ4v) is 4.44. The Hall–Kier alpha value is -1.71. The molecule has 9 heteroatoms. The normalized spacial score (nSPS) is 20.9. The van der Waals surface area contributed by atoms with Crippen molar-refractivity contribution in [1.82, 2.24) is 9.62 Å². The Bertz CT molecular complexity index is 800. The molecule has 1 aromatic carbocycles. The van der Waals surface area contributed by atoms with Gasteiger partial charge in [0.05, 0.1) is 9.82 Å². The molecule has 2 rings (SSSR count). The van der Waals surface area contributed by atoms with Gasteiger partial charge in [0, 0.05) is 24.2 Å². The minimum absolute atomic E-state index is 0.0739. The van der Waals surface area contributed by atoms with Gasteiger partial charge in [-0.2, -0.15) is 0 Å². The Morgan fingerprint density at radius 1 is 1.21 bits per heavy atom. The van der Waals surface area contributed by atoms with Crippen molar-refractivity contribution in [2.75, 3.05) is 26.0 Å². The van der Waals surface area contributed by atoms with Crippen molar-refractivity contribution < 1.29 is 13.3 Å². The molecule has 2 N–H and O–H groups in total. The van der Waals surface area contributed by atoms with Gasteiger partial charge in [0.15, 0.2) is 0 Å². The number of hydrogen-bond acceptors (Lipinski definition) is 6. The van der Waals surface area contributed by atoms with E-state index in [1.807, 2.05) is 32.8 Å². The molecule has 0 unspecified atom stereocenters. The van der Waals surface area contributed by atoms with E-state index in [0.29, 0.717) is 18.2 Å². The Labute approximate surface area is 167 Å². The van der Waals surface area contributed by atoms with Crippen LogP contribution in [0.15, 0.2) is 23.1 Å². The van der Waals surface area contributed by atoms with E-state index in [9.17, 15) is 18.5 Å². The topological polar surface area (TPSA) is 105 Å². The predicted molar refractivity (Wildman–Crippen MR) is 111 cm³/mol. The summed E-state index contributed by atoms with van der Waals surface area (Å²) in [5.41, 5.74) is -0.154. The molecular weight excluding hydrogens is 380 g/mol. The minimum Gasteiger partial charge on any atom is -0.378 e. The number of hydrogen-bond donors (Lipinski definition) is 2. The summed E-state index contributed by atoms with van der Waals surface area (Å²) in [6.07, 6.45) is 3.55. The Morgan fingerprint density at radius 3 is 2.36 bits per heavy atom. The molecular formula is C19H32N4O4S. The first-order valence-electron chi connectivity index (χ1n) is 9.64. The predicted octanol–water partition coefficient (Wildman–Crippen LogP) is 3.20. The second-order valence-corrected chi connectivity index (χ2v) is 10.3. The zero-order valence-corrected chi connectivity index (χ0v) is 18.2. The van der Waals surface area contributed by atoms with Crippen LogP contribution < -0.4 is 10.0 Å². The lowest BCUT2D eigenvalue weighted by atomic mass is 9.88. The van der Waals surface area contributed by atoms with E-state index in [0.717, 1.165) is 31.7 Å². The quantitative estimate of drug-likeness (QED) is 0.502. The van der Waals surface area contributed by atoms with Crippen LogP contribution in [-0.2, 0) is 10.0 Å². The van der Waals surface area contributed by atoms with E-state index in [1.54, 1.807) is 0 Å². The van der Waals surface area contributed by atoms with Crippen molar-refractivity contribution >= 4 is 21.4 Å². The molecule has 158 valence electrons. The second kappa shape index (κ2) is 8.75. The molecule has 0 saturated heterocycles. The number of anilines is 1. The number of nitro groups is 1. The van der Waals surface area contributed by atoms with E-state index < -0.39 is 14.9 Å². The number of benzene rings is 1. The van der Waals surface area contributed by atoms with Crippen LogP contribution >= 0.6 is 0 Å². The Balaban J connectivity index is 2.20. The average Bonchev–Trinajstić information content (AvgIpc) is 2.61. The SMILES string of the molecule is CC1CCC(NS(=O)(=O)c2ccc(NCC(C)(C)N(C)C)c([N+](=O)[O-])c2)CC1. The second-order valence-electron chi connectivity index (χ2n) is 8.57. The number of rotatable bonds is 8. The van der Waals surface area contributed by atoms with Crippen LogP contribution in [0.5, 0.6) is 0 Å². The van der Waals surface area contributed by atoms with Gasteiger partial charge < -0.3 is 10.2 Å². The maximum Gasteiger partial charge on any atom is 0.293 e. The lowest BCUT2D eigenvalue weighted by molar-refractivity contribution is -0.384. The standard InChI is InChI=1S/C19H32N4O4S/c1-14-6-8-15(9-7-14)21-28(26,27)16-10-11-17(18(12-16)23(24)25)20-13-19(2,3)22(4)5/h10-12,14-15,20-21H,6-9,13H2,1-5H3. The number of nitro benzene ring substituents is 1. The molecule has 8 nitrogen and oxygen atoms in total. The van der Waals surface area contributed by atoms with Gasteiger partial charge in [-0.15, -0.1) is 0 Å². The summed E-state index contributed by atoms with van der Waals surface area (Å²) in [6, 6.07) is 3.92. The third-order valence-corrected chi connectivity index (χ3v) is 7.25. The van der Waals surface area contributed by atoms with Gasteiger partial charge in [-0.3, -0.25) is 10.1 Å². The summed E-state index contributed by atoms with van der Waals surface area (Å²) in [5.74, 6) is 0.610. The molecule has 28 heavy (non-hydrogen) atoms. The summed E-state index contributed by atoms with van der Waals surface area (Å²) in [5, 5.41) is 14.6. The van der Waals surface area contributed by atoms with Gasteiger partial charge in [0.25, 0.3) is 5.69 Å². The number of sulfonamides is 1. The first kappa shape index (κ1) is 22.6. The van der Waals surface area contributed by atoms with Crippen molar-refractivity contribution in [2.45, 2.75) is 62.9 Å². The van der Waals surface area contributed by atoms with Crippen LogP contribution in [0.3, 0.4) is 0 Å². The minimum atomic E-state index is -3.80. The fraction of sp³-hybridized carbons (Fsp3) is 0.684. The van der Waals surface area contributed by atoms with E-state index >= 15 is 0 Å². The maximum absolute atomic E-state index is 12.7. The Morgan fingerprint density at radius 2 is 1.82 bits per heavy atom. The van der Waals surface area contributed by atoms with Crippen molar-refractivity contribution in [3.8, 4) is 0 Å². The Kier molecular flexibility index (Phi) is 7.06. The molecule has 0 aromatic heterocycles. The van der Waals surface area contributed by atoms with Crippen LogP contribution in [-0.4, -0.2) is 50.5 Å². The molecule has 1 aliphatic rings. The van der Waals surface area contributed by atoms with Crippen LogP contribution in [0.25, 0.3) is 0 Å². The van der Waals surface area contributed by atoms with Crippen molar-refractivity contribution in [3.05, 3.63) is 28.3 Å². The highest BCUT2D eigenvalue weighted by molar-refractivity contribution is 7.89. The lowest BCUT2D eigenvalue weighted by Crippen LogP contribution is -2.44. The lowest BCUT2D eigenvalue weighted by Gasteiger charge is -2.33. The summed E-state index contributed by atoms with van der Waals surface area (Å²) in [4.78, 5) is 12.9. The molecule has 0 atom stereocenters. The van der Waals surface area contributed by atoms with Gasteiger partial charge in [-0.25, -0.2) is 13.1 Å². The van der Waals surface area contributed by atoms with Gasteiger partial charge >= 0.3 is 0 Å². The van der Waals surface area contributed by atoms with Crippen LogP contribution in [0, 0.1) is 16.0 Å². The molecule has 0 heterocycles. The zero-order valence-electron chi connectivity index (χ0n) is 17.4. The first-order valence-corrected chi connectivity index (χ1v) is 11.1. The summed E-state index contributed by atoms with van der Waals surface area (Å²) in [6.45, 7) is 6.67. The van der Waals surface area contributed by atoms with Crippen molar-refractivity contribution in [3.63, 3.8) is 0 Å². The van der Waals surface area contributed by atoms with Crippen LogP contribution in [0.2, 0.25) is 0 Å². The van der Waals surface area contributed by atoms with E-state index in [-0.39, 0.29) is 22.2 Å². The molecule has 1 saturated carbocycles. The van der Waals surface area contributed by atoms with Crippen LogP contribution in [0.1, 0.15) is 46.5 Å². The molecule has 0 amide bonds. The average molecular weight is 413 g/mol. The van der Waals surface area contributed by atoms with E-state index in [2.05, 4.69) is 17.0 Å².